The van der Waals surface area contributed by atoms with E-state index in [0.717, 1.165) is 21.5 Å². The van der Waals surface area contributed by atoms with Gasteiger partial charge in [-0.1, -0.05) is 12.1 Å². The monoisotopic (exact) mass is 477 g/mol. The molecule has 0 amide bonds. The minimum Gasteiger partial charge on any atom is -0.449 e. The van der Waals surface area contributed by atoms with Crippen LogP contribution in [-0.4, -0.2) is 25.4 Å². The smallest absolute Gasteiger partial charge is 0.449 e. The van der Waals surface area contributed by atoms with Gasteiger partial charge in [0.15, 0.2) is 0 Å². The molecule has 0 atom stereocenters. The molecule has 4 rings (SSSR count). The van der Waals surface area contributed by atoms with Crippen molar-refractivity contribution in [1.29, 1.82) is 0 Å². The Morgan fingerprint density at radius 1 is 1.21 bits per heavy atom. The largest absolute Gasteiger partial charge is 0.511 e. The highest BCUT2D eigenvalue weighted by molar-refractivity contribution is 7.16. The van der Waals surface area contributed by atoms with E-state index in [-0.39, 0.29) is 11.1 Å². The van der Waals surface area contributed by atoms with Gasteiger partial charge in [0.2, 0.25) is 5.75 Å². The average Bonchev–Trinajstić information content (AvgIpc) is 3.21. The van der Waals surface area contributed by atoms with Crippen molar-refractivity contribution in [2.75, 3.05) is 0 Å². The lowest BCUT2D eigenvalue weighted by Crippen LogP contribution is -2.40. The van der Waals surface area contributed by atoms with E-state index >= 15 is 0 Å². The Morgan fingerprint density at radius 3 is 2.67 bits per heavy atom. The summed E-state index contributed by atoms with van der Waals surface area (Å²) in [5.74, 6) is -0.670. The summed E-state index contributed by atoms with van der Waals surface area (Å²) in [6.07, 6.45) is -5.46. The molecule has 0 fully saturated rings. The van der Waals surface area contributed by atoms with Gasteiger partial charge in [-0.05, 0) is 42.3 Å². The predicted octanol–water partition coefficient (Wildman–Crippen LogP) is 4.04. The number of ether oxygens (including phenoxy) is 1. The number of carboxylic acid groups (broad SMARTS) is 1. The molecular weight excluding hydrogens is 463 g/mol. The molecule has 0 saturated carbocycles. The third-order valence-corrected chi connectivity index (χ3v) is 5.80. The summed E-state index contributed by atoms with van der Waals surface area (Å²) in [6, 6.07) is 8.21. The molecule has 0 unspecified atom stereocenters. The van der Waals surface area contributed by atoms with Crippen molar-refractivity contribution >= 4 is 27.7 Å². The number of rotatable bonds is 4. The zero-order valence-corrected chi connectivity index (χ0v) is 17.6. The molecule has 0 radical (unpaired) electrons. The van der Waals surface area contributed by atoms with E-state index in [1.807, 2.05) is 0 Å². The Kier molecular flexibility index (Phi) is 5.54. The SMILES string of the molecule is Cc1c(Cn2c(=O)c(OC(=O)O)cn(-c3ccc4ncsc4c3)c2=O)cccc1C(F)(F)F. The minimum absolute atomic E-state index is 0.0703. The summed E-state index contributed by atoms with van der Waals surface area (Å²) < 4.78 is 46.8. The number of fused-ring (bicyclic) bond motifs is 1. The van der Waals surface area contributed by atoms with Gasteiger partial charge in [-0.3, -0.25) is 13.9 Å². The lowest BCUT2D eigenvalue weighted by atomic mass is 10.0. The molecule has 33 heavy (non-hydrogen) atoms. The number of benzene rings is 2. The van der Waals surface area contributed by atoms with Crippen LogP contribution < -0.4 is 16.0 Å². The number of nitrogens with zero attached hydrogens (tertiary/aromatic N) is 3. The Balaban J connectivity index is 1.91. The van der Waals surface area contributed by atoms with Crippen molar-refractivity contribution in [3.8, 4) is 11.4 Å². The van der Waals surface area contributed by atoms with Gasteiger partial charge in [-0.15, -0.1) is 11.3 Å². The number of hydrogen-bond donors (Lipinski definition) is 1. The van der Waals surface area contributed by atoms with Crippen LogP contribution in [0, 0.1) is 6.92 Å². The average molecular weight is 477 g/mol. The van der Waals surface area contributed by atoms with Gasteiger partial charge in [0, 0.05) is 0 Å². The quantitative estimate of drug-likeness (QED) is 0.445. The molecule has 170 valence electrons. The summed E-state index contributed by atoms with van der Waals surface area (Å²) in [4.78, 5) is 41.2. The number of halogens is 3. The van der Waals surface area contributed by atoms with Gasteiger partial charge in [0.1, 0.15) is 0 Å². The van der Waals surface area contributed by atoms with E-state index in [1.54, 1.807) is 23.7 Å². The summed E-state index contributed by atoms with van der Waals surface area (Å²) in [5.41, 5.74) is -0.379. The van der Waals surface area contributed by atoms with Crippen molar-refractivity contribution < 1.29 is 27.8 Å². The third-order valence-electron chi connectivity index (χ3n) is 5.01. The maximum absolute atomic E-state index is 13.3. The summed E-state index contributed by atoms with van der Waals surface area (Å²) in [7, 11) is 0. The lowest BCUT2D eigenvalue weighted by Gasteiger charge is -2.16. The number of hydrogen-bond acceptors (Lipinski definition) is 6. The highest BCUT2D eigenvalue weighted by Crippen LogP contribution is 2.33. The van der Waals surface area contributed by atoms with Crippen molar-refractivity contribution in [1.82, 2.24) is 14.1 Å². The number of carbonyl (C=O) groups is 1. The molecule has 0 spiro atoms. The molecule has 12 heteroatoms. The Labute approximate surface area is 186 Å². The van der Waals surface area contributed by atoms with E-state index in [9.17, 15) is 27.6 Å². The van der Waals surface area contributed by atoms with Gasteiger partial charge >= 0.3 is 18.0 Å². The first-order chi connectivity index (χ1) is 15.6. The molecule has 8 nitrogen and oxygen atoms in total. The zero-order valence-electron chi connectivity index (χ0n) is 16.8. The third kappa shape index (κ3) is 4.24. The number of thiazole rings is 1. The lowest BCUT2D eigenvalue weighted by molar-refractivity contribution is -0.138. The molecule has 2 aromatic carbocycles. The van der Waals surface area contributed by atoms with Crippen molar-refractivity contribution in [2.45, 2.75) is 19.6 Å². The standard InChI is InChI=1S/C21H14F3N3O5S/c1-11-12(3-2-4-14(11)21(22,23)24)8-27-18(28)16(32-20(30)31)9-26(19(27)29)13-5-6-15-17(7-13)33-10-25-15/h2-7,9-10H,8H2,1H3,(H,30,31). The number of alkyl halides is 3. The molecule has 0 aliphatic rings. The molecule has 0 saturated heterocycles. The van der Waals surface area contributed by atoms with Crippen LogP contribution in [0.4, 0.5) is 18.0 Å². The molecule has 2 aromatic heterocycles. The van der Waals surface area contributed by atoms with E-state index in [1.165, 1.54) is 30.4 Å². The fourth-order valence-corrected chi connectivity index (χ4v) is 4.10. The second-order valence-electron chi connectivity index (χ2n) is 7.00. The van der Waals surface area contributed by atoms with E-state index in [0.29, 0.717) is 15.8 Å². The van der Waals surface area contributed by atoms with Crippen LogP contribution in [0.5, 0.6) is 5.75 Å². The molecule has 0 bridgehead atoms. The Bertz CT molecular complexity index is 1500. The van der Waals surface area contributed by atoms with Crippen molar-refractivity contribution in [3.63, 3.8) is 0 Å². The van der Waals surface area contributed by atoms with Crippen LogP contribution in [0.15, 0.2) is 57.7 Å². The van der Waals surface area contributed by atoms with E-state index in [2.05, 4.69) is 9.72 Å². The number of aromatic nitrogens is 3. The normalized spacial score (nSPS) is 11.6. The van der Waals surface area contributed by atoms with Gasteiger partial charge in [0.25, 0.3) is 5.56 Å². The Morgan fingerprint density at radius 2 is 1.97 bits per heavy atom. The first-order valence-corrected chi connectivity index (χ1v) is 10.2. The predicted molar refractivity (Wildman–Crippen MR) is 113 cm³/mol. The molecular formula is C21H14F3N3O5S. The summed E-state index contributed by atoms with van der Waals surface area (Å²) in [6.45, 7) is 0.712. The summed E-state index contributed by atoms with van der Waals surface area (Å²) in [5, 5.41) is 9.00. The van der Waals surface area contributed by atoms with Gasteiger partial charge in [0.05, 0.1) is 39.7 Å². The van der Waals surface area contributed by atoms with Crippen LogP contribution in [0.1, 0.15) is 16.7 Å². The summed E-state index contributed by atoms with van der Waals surface area (Å²) >= 11 is 1.31. The fraction of sp³-hybridized carbons (Fsp3) is 0.143. The molecule has 1 N–H and O–H groups in total. The highest BCUT2D eigenvalue weighted by Gasteiger charge is 2.33. The molecule has 2 heterocycles. The van der Waals surface area contributed by atoms with E-state index in [4.69, 9.17) is 5.11 Å². The molecule has 0 aliphatic heterocycles. The zero-order chi connectivity index (χ0) is 23.9. The Hall–Kier alpha value is -3.93. The van der Waals surface area contributed by atoms with Crippen molar-refractivity contribution in [3.05, 3.63) is 85.6 Å². The van der Waals surface area contributed by atoms with Crippen molar-refractivity contribution in [2.24, 2.45) is 0 Å². The maximum Gasteiger partial charge on any atom is 0.511 e. The first kappa shape index (κ1) is 22.3. The van der Waals surface area contributed by atoms with Crippen LogP contribution in [-0.2, 0) is 12.7 Å². The minimum atomic E-state index is -4.62. The second kappa shape index (κ2) is 8.20. The maximum atomic E-state index is 13.3. The topological polar surface area (TPSA) is 103 Å². The van der Waals surface area contributed by atoms with Crippen LogP contribution in [0.3, 0.4) is 0 Å². The highest BCUT2D eigenvalue weighted by atomic mass is 32.1. The molecule has 4 aromatic rings. The van der Waals surface area contributed by atoms with Crippen LogP contribution >= 0.6 is 11.3 Å². The van der Waals surface area contributed by atoms with Gasteiger partial charge < -0.3 is 9.84 Å². The first-order valence-electron chi connectivity index (χ1n) is 9.33. The van der Waals surface area contributed by atoms with Gasteiger partial charge in [-0.2, -0.15) is 13.2 Å². The van der Waals surface area contributed by atoms with E-state index < -0.39 is 41.4 Å². The van der Waals surface area contributed by atoms with Crippen LogP contribution in [0.25, 0.3) is 15.9 Å². The van der Waals surface area contributed by atoms with Crippen LogP contribution in [0.2, 0.25) is 0 Å². The fourth-order valence-electron chi connectivity index (χ4n) is 3.39. The van der Waals surface area contributed by atoms with Gasteiger partial charge in [-0.25, -0.2) is 14.6 Å². The second-order valence-corrected chi connectivity index (χ2v) is 7.88. The molecule has 0 aliphatic carbocycles.